The fourth-order valence-electron chi connectivity index (χ4n) is 1.43. The van der Waals surface area contributed by atoms with Crippen molar-refractivity contribution >= 4 is 22.0 Å². The SMILES string of the molecule is COc1cc(C=C(C#N)C#N)cc(Br)c1OC(C)C. The Morgan fingerprint density at radius 1 is 1.32 bits per heavy atom. The van der Waals surface area contributed by atoms with E-state index in [1.54, 1.807) is 12.1 Å². The predicted octanol–water partition coefficient (Wildman–Crippen LogP) is 3.68. The number of benzene rings is 1. The van der Waals surface area contributed by atoms with Crippen molar-refractivity contribution in [3.8, 4) is 23.6 Å². The van der Waals surface area contributed by atoms with Crippen molar-refractivity contribution in [2.75, 3.05) is 7.11 Å². The minimum absolute atomic E-state index is 0.0142. The summed E-state index contributed by atoms with van der Waals surface area (Å²) in [6, 6.07) is 7.13. The van der Waals surface area contributed by atoms with E-state index in [1.165, 1.54) is 13.2 Å². The number of nitrogens with zero attached hydrogens (tertiary/aromatic N) is 2. The van der Waals surface area contributed by atoms with Crippen LogP contribution in [0.4, 0.5) is 0 Å². The van der Waals surface area contributed by atoms with E-state index in [0.717, 1.165) is 0 Å². The van der Waals surface area contributed by atoms with Gasteiger partial charge in [0.2, 0.25) is 0 Å². The van der Waals surface area contributed by atoms with Gasteiger partial charge >= 0.3 is 0 Å². The molecule has 0 amide bonds. The number of halogens is 1. The maximum Gasteiger partial charge on any atom is 0.175 e. The van der Waals surface area contributed by atoms with Gasteiger partial charge in [0.1, 0.15) is 17.7 Å². The minimum Gasteiger partial charge on any atom is -0.493 e. The Balaban J connectivity index is 3.29. The van der Waals surface area contributed by atoms with Crippen molar-refractivity contribution in [3.05, 3.63) is 27.7 Å². The van der Waals surface area contributed by atoms with Crippen LogP contribution in [0.5, 0.6) is 11.5 Å². The van der Waals surface area contributed by atoms with E-state index in [1.807, 2.05) is 26.0 Å². The molecule has 0 atom stereocenters. The molecule has 19 heavy (non-hydrogen) atoms. The average Bonchev–Trinajstić information content (AvgIpc) is 2.38. The third-order valence-electron chi connectivity index (χ3n) is 2.16. The molecule has 1 rings (SSSR count). The van der Waals surface area contributed by atoms with Crippen molar-refractivity contribution in [3.63, 3.8) is 0 Å². The van der Waals surface area contributed by atoms with E-state index in [-0.39, 0.29) is 11.7 Å². The van der Waals surface area contributed by atoms with Gasteiger partial charge in [0.15, 0.2) is 11.5 Å². The Morgan fingerprint density at radius 2 is 1.95 bits per heavy atom. The van der Waals surface area contributed by atoms with Crippen molar-refractivity contribution in [2.45, 2.75) is 20.0 Å². The summed E-state index contributed by atoms with van der Waals surface area (Å²) in [5.41, 5.74) is 0.726. The third-order valence-corrected chi connectivity index (χ3v) is 2.75. The smallest absolute Gasteiger partial charge is 0.175 e. The van der Waals surface area contributed by atoms with Crippen molar-refractivity contribution in [1.82, 2.24) is 0 Å². The summed E-state index contributed by atoms with van der Waals surface area (Å²) in [6.07, 6.45) is 1.51. The molecule has 0 saturated heterocycles. The van der Waals surface area contributed by atoms with Gasteiger partial charge in [-0.2, -0.15) is 10.5 Å². The molecular weight excluding hydrogens is 308 g/mol. The molecule has 1 aromatic rings. The fraction of sp³-hybridized carbons (Fsp3) is 0.286. The fourth-order valence-corrected chi connectivity index (χ4v) is 1.98. The Bertz CT molecular complexity index is 564. The molecule has 0 aliphatic rings. The van der Waals surface area contributed by atoms with Crippen LogP contribution < -0.4 is 9.47 Å². The molecule has 0 heterocycles. The van der Waals surface area contributed by atoms with Gasteiger partial charge in [-0.15, -0.1) is 0 Å². The van der Waals surface area contributed by atoms with E-state index in [9.17, 15) is 0 Å². The molecule has 0 N–H and O–H groups in total. The van der Waals surface area contributed by atoms with Gasteiger partial charge in [0.25, 0.3) is 0 Å². The largest absolute Gasteiger partial charge is 0.493 e. The summed E-state index contributed by atoms with van der Waals surface area (Å²) in [4.78, 5) is 0. The molecule has 1 aromatic carbocycles. The van der Waals surface area contributed by atoms with Gasteiger partial charge < -0.3 is 9.47 Å². The molecule has 0 saturated carbocycles. The molecule has 0 unspecified atom stereocenters. The van der Waals surface area contributed by atoms with Gasteiger partial charge in [-0.25, -0.2) is 0 Å². The highest BCUT2D eigenvalue weighted by molar-refractivity contribution is 9.10. The van der Waals surface area contributed by atoms with Crippen molar-refractivity contribution in [2.24, 2.45) is 0 Å². The molecule has 0 spiro atoms. The number of methoxy groups -OCH3 is 1. The first-order valence-corrected chi connectivity index (χ1v) is 6.37. The minimum atomic E-state index is 0.0142. The summed E-state index contributed by atoms with van der Waals surface area (Å²) in [5, 5.41) is 17.5. The van der Waals surface area contributed by atoms with Crippen LogP contribution in [0.1, 0.15) is 19.4 Å². The molecule has 0 aliphatic carbocycles. The second kappa shape index (κ2) is 6.82. The summed E-state index contributed by atoms with van der Waals surface area (Å²) in [7, 11) is 1.54. The van der Waals surface area contributed by atoms with Gasteiger partial charge in [0, 0.05) is 0 Å². The van der Waals surface area contributed by atoms with Gasteiger partial charge in [-0.05, 0) is 53.5 Å². The first-order chi connectivity index (χ1) is 9.01. The molecule has 0 aromatic heterocycles. The summed E-state index contributed by atoms with van der Waals surface area (Å²) in [5.74, 6) is 1.15. The second-order valence-electron chi connectivity index (χ2n) is 3.98. The zero-order valence-corrected chi connectivity index (χ0v) is 12.5. The van der Waals surface area contributed by atoms with Crippen molar-refractivity contribution in [1.29, 1.82) is 10.5 Å². The van der Waals surface area contributed by atoms with Crippen LogP contribution in [0.15, 0.2) is 22.2 Å². The Kier molecular flexibility index (Phi) is 5.41. The van der Waals surface area contributed by atoms with Gasteiger partial charge in [-0.3, -0.25) is 0 Å². The lowest BCUT2D eigenvalue weighted by Crippen LogP contribution is -2.07. The molecule has 98 valence electrons. The van der Waals surface area contributed by atoms with E-state index < -0.39 is 0 Å². The molecule has 0 radical (unpaired) electrons. The lowest BCUT2D eigenvalue weighted by molar-refractivity contribution is 0.228. The summed E-state index contributed by atoms with van der Waals surface area (Å²) in [6.45, 7) is 3.84. The topological polar surface area (TPSA) is 66.0 Å². The van der Waals surface area contributed by atoms with Crippen LogP contribution >= 0.6 is 15.9 Å². The van der Waals surface area contributed by atoms with E-state index >= 15 is 0 Å². The maximum atomic E-state index is 8.75. The second-order valence-corrected chi connectivity index (χ2v) is 4.84. The molecule has 0 fully saturated rings. The van der Waals surface area contributed by atoms with E-state index in [2.05, 4.69) is 15.9 Å². The standard InChI is InChI=1S/C14H13BrN2O2/c1-9(2)19-14-12(15)5-10(6-13(14)18-3)4-11(7-16)8-17/h4-6,9H,1-3H3. The zero-order valence-electron chi connectivity index (χ0n) is 10.9. The Morgan fingerprint density at radius 3 is 2.42 bits per heavy atom. The normalized spacial score (nSPS) is 9.42. The zero-order chi connectivity index (χ0) is 14.4. The number of rotatable bonds is 4. The van der Waals surface area contributed by atoms with E-state index in [0.29, 0.717) is 21.5 Å². The highest BCUT2D eigenvalue weighted by Gasteiger charge is 2.12. The molecule has 0 bridgehead atoms. The van der Waals surface area contributed by atoms with Crippen LogP contribution in [0.3, 0.4) is 0 Å². The quantitative estimate of drug-likeness (QED) is 0.794. The van der Waals surface area contributed by atoms with Crippen LogP contribution in [0.2, 0.25) is 0 Å². The Labute approximate surface area is 121 Å². The first-order valence-electron chi connectivity index (χ1n) is 5.58. The average molecular weight is 321 g/mol. The lowest BCUT2D eigenvalue weighted by atomic mass is 10.1. The number of ether oxygens (including phenoxy) is 2. The number of hydrogen-bond donors (Lipinski definition) is 0. The van der Waals surface area contributed by atoms with Gasteiger partial charge in [0.05, 0.1) is 17.7 Å². The number of hydrogen-bond acceptors (Lipinski definition) is 4. The number of allylic oxidation sites excluding steroid dienone is 1. The highest BCUT2D eigenvalue weighted by atomic mass is 79.9. The predicted molar refractivity (Wildman–Crippen MR) is 75.7 cm³/mol. The highest BCUT2D eigenvalue weighted by Crippen LogP contribution is 2.37. The summed E-state index contributed by atoms with van der Waals surface area (Å²) < 4.78 is 11.6. The van der Waals surface area contributed by atoms with Crippen molar-refractivity contribution < 1.29 is 9.47 Å². The van der Waals surface area contributed by atoms with Crippen LogP contribution in [0, 0.1) is 22.7 Å². The van der Waals surface area contributed by atoms with E-state index in [4.69, 9.17) is 20.0 Å². The first kappa shape index (κ1) is 15.1. The third kappa shape index (κ3) is 4.01. The van der Waals surface area contributed by atoms with Gasteiger partial charge in [-0.1, -0.05) is 0 Å². The monoisotopic (exact) mass is 320 g/mol. The molecule has 4 nitrogen and oxygen atoms in total. The Hall–Kier alpha value is -1.98. The van der Waals surface area contributed by atoms with Crippen LogP contribution in [-0.2, 0) is 0 Å². The number of nitriles is 2. The molecular formula is C14H13BrN2O2. The molecule has 0 aliphatic heterocycles. The lowest BCUT2D eigenvalue weighted by Gasteiger charge is -2.15. The molecule has 5 heteroatoms. The maximum absolute atomic E-state index is 8.75. The van der Waals surface area contributed by atoms with Crippen LogP contribution in [0.25, 0.3) is 6.08 Å². The summed E-state index contributed by atoms with van der Waals surface area (Å²) >= 11 is 3.40. The van der Waals surface area contributed by atoms with Crippen LogP contribution in [-0.4, -0.2) is 13.2 Å².